The Hall–Kier alpha value is -3.39. The zero-order valence-corrected chi connectivity index (χ0v) is 14.6. The molecule has 0 unspecified atom stereocenters. The Labute approximate surface area is 154 Å². The van der Waals surface area contributed by atoms with Gasteiger partial charge in [-0.1, -0.05) is 24.2 Å². The highest BCUT2D eigenvalue weighted by Gasteiger charge is 2.10. The summed E-state index contributed by atoms with van der Waals surface area (Å²) in [7, 11) is 1.81. The largest absolute Gasteiger partial charge is 0.437 e. The number of benzene rings is 1. The molecule has 0 atom stereocenters. The van der Waals surface area contributed by atoms with E-state index >= 15 is 0 Å². The maximum atomic E-state index is 11.4. The zero-order chi connectivity index (χ0) is 18.5. The van der Waals surface area contributed by atoms with Gasteiger partial charge < -0.3 is 15.4 Å². The second-order valence-electron chi connectivity index (χ2n) is 5.20. The highest BCUT2D eigenvalue weighted by molar-refractivity contribution is 6.31. The molecule has 8 nitrogen and oxygen atoms in total. The van der Waals surface area contributed by atoms with Crippen LogP contribution in [0.25, 0.3) is 0 Å². The number of hydrogen-bond acceptors (Lipinski definition) is 6. The number of anilines is 3. The number of carbonyl (C=O) groups is 1. The second-order valence-corrected chi connectivity index (χ2v) is 5.60. The molecule has 132 valence electrons. The van der Waals surface area contributed by atoms with Crippen molar-refractivity contribution in [3.63, 3.8) is 0 Å². The van der Waals surface area contributed by atoms with Gasteiger partial charge in [0.25, 0.3) is 0 Å². The number of ether oxygens (including phenoxy) is 1. The Balaban J connectivity index is 1.78. The van der Waals surface area contributed by atoms with E-state index in [1.54, 1.807) is 48.4 Å². The van der Waals surface area contributed by atoms with Gasteiger partial charge in [-0.15, -0.1) is 0 Å². The van der Waals surface area contributed by atoms with Crippen molar-refractivity contribution in [3.8, 4) is 11.6 Å². The normalized spacial score (nSPS) is 10.2. The lowest BCUT2D eigenvalue weighted by Crippen LogP contribution is -2.07. The van der Waals surface area contributed by atoms with Crippen molar-refractivity contribution in [2.45, 2.75) is 0 Å². The first-order chi connectivity index (χ1) is 12.5. The highest BCUT2D eigenvalue weighted by atomic mass is 35.5. The molecule has 26 heavy (non-hydrogen) atoms. The van der Waals surface area contributed by atoms with Crippen molar-refractivity contribution in [2.24, 2.45) is 7.05 Å². The SMILES string of the molecule is C=CC(=O)Nc1cccc(Oc2nc(Nc3cnn(C)c3)ncc2Cl)c1. The van der Waals surface area contributed by atoms with E-state index in [-0.39, 0.29) is 16.8 Å². The summed E-state index contributed by atoms with van der Waals surface area (Å²) in [6.07, 6.45) is 6.05. The minimum Gasteiger partial charge on any atom is -0.437 e. The molecular weight excluding hydrogens is 356 g/mol. The van der Waals surface area contributed by atoms with E-state index in [0.29, 0.717) is 17.4 Å². The van der Waals surface area contributed by atoms with Gasteiger partial charge in [0.2, 0.25) is 17.7 Å². The Kier molecular flexibility index (Phi) is 5.14. The maximum Gasteiger partial charge on any atom is 0.247 e. The van der Waals surface area contributed by atoms with Crippen LogP contribution in [0.1, 0.15) is 0 Å². The molecule has 1 aromatic carbocycles. The molecule has 2 N–H and O–H groups in total. The second kappa shape index (κ2) is 7.66. The lowest BCUT2D eigenvalue weighted by atomic mass is 10.3. The first kappa shape index (κ1) is 17.4. The molecule has 2 aromatic heterocycles. The lowest BCUT2D eigenvalue weighted by Gasteiger charge is -2.10. The number of halogens is 1. The third-order valence-corrected chi connectivity index (χ3v) is 3.43. The minimum absolute atomic E-state index is 0.181. The summed E-state index contributed by atoms with van der Waals surface area (Å²) in [5.74, 6) is 0.638. The first-order valence-corrected chi connectivity index (χ1v) is 7.91. The number of nitrogens with zero attached hydrogens (tertiary/aromatic N) is 4. The van der Waals surface area contributed by atoms with Gasteiger partial charge in [0.1, 0.15) is 10.8 Å². The predicted octanol–water partition coefficient (Wildman–Crippen LogP) is 3.52. The van der Waals surface area contributed by atoms with Crippen LogP contribution in [0.15, 0.2) is 55.5 Å². The van der Waals surface area contributed by atoms with Crippen molar-refractivity contribution >= 4 is 34.8 Å². The van der Waals surface area contributed by atoms with Crippen LogP contribution in [-0.4, -0.2) is 25.7 Å². The summed E-state index contributed by atoms with van der Waals surface area (Å²) in [6, 6.07) is 6.83. The quantitative estimate of drug-likeness (QED) is 0.645. The first-order valence-electron chi connectivity index (χ1n) is 7.53. The number of aryl methyl sites for hydroxylation is 1. The third-order valence-electron chi connectivity index (χ3n) is 3.17. The fourth-order valence-electron chi connectivity index (χ4n) is 2.04. The maximum absolute atomic E-state index is 11.4. The highest BCUT2D eigenvalue weighted by Crippen LogP contribution is 2.29. The molecular formula is C17H15ClN6O2. The van der Waals surface area contributed by atoms with Crippen LogP contribution in [0.4, 0.5) is 17.3 Å². The van der Waals surface area contributed by atoms with Crippen LogP contribution in [0.5, 0.6) is 11.6 Å². The Morgan fingerprint density at radius 2 is 2.19 bits per heavy atom. The van der Waals surface area contributed by atoms with Gasteiger partial charge in [0, 0.05) is 25.0 Å². The predicted molar refractivity (Wildman–Crippen MR) is 98.9 cm³/mol. The molecule has 2 heterocycles. The number of nitrogens with one attached hydrogen (secondary N) is 2. The van der Waals surface area contributed by atoms with Crippen LogP contribution in [0.2, 0.25) is 5.02 Å². The van der Waals surface area contributed by atoms with Gasteiger partial charge >= 0.3 is 0 Å². The van der Waals surface area contributed by atoms with Crippen molar-refractivity contribution in [3.05, 3.63) is 60.5 Å². The number of aromatic nitrogens is 4. The summed E-state index contributed by atoms with van der Waals surface area (Å²) in [6.45, 7) is 3.41. The fraction of sp³-hybridized carbons (Fsp3) is 0.0588. The topological polar surface area (TPSA) is 94.0 Å². The average molecular weight is 371 g/mol. The summed E-state index contributed by atoms with van der Waals surface area (Å²) < 4.78 is 7.38. The van der Waals surface area contributed by atoms with Gasteiger partial charge in [-0.3, -0.25) is 9.48 Å². The Morgan fingerprint density at radius 3 is 2.92 bits per heavy atom. The van der Waals surface area contributed by atoms with Crippen molar-refractivity contribution in [2.75, 3.05) is 10.6 Å². The molecule has 0 aliphatic heterocycles. The van der Waals surface area contributed by atoms with E-state index in [1.807, 2.05) is 0 Å². The molecule has 0 bridgehead atoms. The van der Waals surface area contributed by atoms with E-state index in [9.17, 15) is 4.79 Å². The summed E-state index contributed by atoms with van der Waals surface area (Å²) >= 11 is 6.12. The number of hydrogen-bond donors (Lipinski definition) is 2. The van der Waals surface area contributed by atoms with E-state index in [1.165, 1.54) is 12.3 Å². The van der Waals surface area contributed by atoms with Gasteiger partial charge in [-0.2, -0.15) is 10.1 Å². The number of amides is 1. The van der Waals surface area contributed by atoms with Crippen molar-refractivity contribution in [1.29, 1.82) is 0 Å². The molecule has 3 aromatic rings. The summed E-state index contributed by atoms with van der Waals surface area (Å²) in [4.78, 5) is 19.8. The smallest absolute Gasteiger partial charge is 0.247 e. The van der Waals surface area contributed by atoms with Gasteiger partial charge in [-0.05, 0) is 18.2 Å². The third kappa shape index (κ3) is 4.37. The Morgan fingerprint density at radius 1 is 1.35 bits per heavy atom. The molecule has 0 saturated heterocycles. The van der Waals surface area contributed by atoms with Gasteiger partial charge in [-0.25, -0.2) is 4.98 Å². The standard InChI is InChI=1S/C17H15ClN6O2/c1-3-15(25)21-11-5-4-6-13(7-11)26-16-14(18)9-19-17(23-16)22-12-8-20-24(2)10-12/h3-10H,1H2,2H3,(H,21,25)(H,19,22,23). The molecule has 0 radical (unpaired) electrons. The molecule has 0 aliphatic rings. The number of carbonyl (C=O) groups excluding carboxylic acids is 1. The number of rotatable bonds is 6. The summed E-state index contributed by atoms with van der Waals surface area (Å²) in [5.41, 5.74) is 1.29. The van der Waals surface area contributed by atoms with Crippen LogP contribution in [0.3, 0.4) is 0 Å². The van der Waals surface area contributed by atoms with Crippen molar-refractivity contribution in [1.82, 2.24) is 19.7 Å². The van der Waals surface area contributed by atoms with E-state index in [0.717, 1.165) is 5.69 Å². The van der Waals surface area contributed by atoms with Gasteiger partial charge in [0.05, 0.1) is 18.1 Å². The Bertz CT molecular complexity index is 956. The molecule has 1 amide bonds. The monoisotopic (exact) mass is 370 g/mol. The molecule has 3 rings (SSSR count). The fourth-order valence-corrected chi connectivity index (χ4v) is 2.17. The average Bonchev–Trinajstić information content (AvgIpc) is 3.03. The molecule has 9 heteroatoms. The summed E-state index contributed by atoms with van der Waals surface area (Å²) in [5, 5.41) is 9.98. The molecule has 0 aliphatic carbocycles. The van der Waals surface area contributed by atoms with E-state index in [2.05, 4.69) is 32.3 Å². The molecule has 0 fully saturated rings. The molecule has 0 spiro atoms. The minimum atomic E-state index is -0.315. The van der Waals surface area contributed by atoms with Gasteiger partial charge in [0.15, 0.2) is 0 Å². The van der Waals surface area contributed by atoms with Crippen molar-refractivity contribution < 1.29 is 9.53 Å². The van der Waals surface area contributed by atoms with E-state index in [4.69, 9.17) is 16.3 Å². The zero-order valence-electron chi connectivity index (χ0n) is 13.8. The van der Waals surface area contributed by atoms with Crippen LogP contribution in [-0.2, 0) is 11.8 Å². The molecule has 0 saturated carbocycles. The lowest BCUT2D eigenvalue weighted by molar-refractivity contribution is -0.111. The van der Waals surface area contributed by atoms with Crippen LogP contribution in [0, 0.1) is 0 Å². The van der Waals surface area contributed by atoms with Crippen LogP contribution < -0.4 is 15.4 Å². The van der Waals surface area contributed by atoms with E-state index < -0.39 is 0 Å². The van der Waals surface area contributed by atoms with Crippen LogP contribution >= 0.6 is 11.6 Å².